The summed E-state index contributed by atoms with van der Waals surface area (Å²) in [6.07, 6.45) is -7.04. The van der Waals surface area contributed by atoms with Crippen molar-refractivity contribution in [3.05, 3.63) is 0 Å². The van der Waals surface area contributed by atoms with Crippen LogP contribution in [0.15, 0.2) is 0 Å². The molecule has 32 heavy (non-hydrogen) atoms. The molecule has 0 amide bonds. The van der Waals surface area contributed by atoms with E-state index in [0.717, 1.165) is 34.6 Å². The minimum atomic E-state index is -1.57. The molecule has 0 aromatic heterocycles. The van der Waals surface area contributed by atoms with Crippen LogP contribution in [0.1, 0.15) is 34.6 Å². The van der Waals surface area contributed by atoms with E-state index in [9.17, 15) is 0 Å². The first kappa shape index (κ1) is 39.6. The summed E-state index contributed by atoms with van der Waals surface area (Å²) in [5.41, 5.74) is 0. The number of aliphatic hydroxyl groups is 5. The lowest BCUT2D eigenvalue weighted by Gasteiger charge is -2.37. The van der Waals surface area contributed by atoms with Gasteiger partial charge in [-0.05, 0) is 0 Å². The molecule has 0 spiro atoms. The Morgan fingerprint density at radius 3 is 0.969 bits per heavy atom. The van der Waals surface area contributed by atoms with Crippen LogP contribution in [0.5, 0.6) is 0 Å². The molecule has 1 rings (SSSR count). The number of aliphatic hydroxyl groups excluding tert-OH is 5. The smallest absolute Gasteiger partial charge is 0.300 e. The Kier molecular flexibility index (Phi) is 30.1. The maximum Gasteiger partial charge on any atom is 0.300 e. The van der Waals surface area contributed by atoms with Crippen LogP contribution in [0.4, 0.5) is 0 Å². The zero-order valence-electron chi connectivity index (χ0n) is 18.0. The Balaban J connectivity index is -0.000000102. The van der Waals surface area contributed by atoms with Gasteiger partial charge in [-0.3, -0.25) is 24.0 Å². The number of carboxylic acids is 5. The second-order valence-corrected chi connectivity index (χ2v) is 5.31. The average Bonchev–Trinajstić information content (AvgIpc) is 2.53. The Bertz CT molecular complexity index is 440. The van der Waals surface area contributed by atoms with E-state index in [-0.39, 0.29) is 0 Å². The van der Waals surface area contributed by atoms with Gasteiger partial charge in [-0.25, -0.2) is 0 Å². The van der Waals surface area contributed by atoms with Crippen LogP contribution >= 0.6 is 0 Å². The number of hydrogen-bond acceptors (Lipinski definition) is 11. The first-order valence-electron chi connectivity index (χ1n) is 8.20. The van der Waals surface area contributed by atoms with E-state index < -0.39 is 67.2 Å². The number of aliphatic carboxylic acids is 5. The van der Waals surface area contributed by atoms with E-state index in [4.69, 9.17) is 75.0 Å². The van der Waals surface area contributed by atoms with Crippen molar-refractivity contribution in [2.45, 2.75) is 65.3 Å². The normalized spacial score (nSPS) is 22.4. The van der Waals surface area contributed by atoms with Crippen LogP contribution in [0.2, 0.25) is 0 Å². The van der Waals surface area contributed by atoms with Gasteiger partial charge in [0.15, 0.2) is 6.29 Å². The van der Waals surface area contributed by atoms with Crippen molar-refractivity contribution in [3.63, 3.8) is 0 Å². The second kappa shape index (κ2) is 24.4. The molecule has 0 saturated carbocycles. The molecule has 0 bridgehead atoms. The Labute approximate surface area is 182 Å². The molecule has 5 atom stereocenters. The van der Waals surface area contributed by atoms with E-state index in [2.05, 4.69) is 4.74 Å². The number of ether oxygens (including phenoxy) is 1. The lowest BCUT2D eigenvalue weighted by Crippen LogP contribution is -2.58. The van der Waals surface area contributed by atoms with Crippen LogP contribution in [-0.2, 0) is 28.7 Å². The molecule has 0 aromatic carbocycles. The van der Waals surface area contributed by atoms with Crippen molar-refractivity contribution in [2.75, 3.05) is 6.61 Å². The van der Waals surface area contributed by atoms with Gasteiger partial charge in [0.25, 0.3) is 29.8 Å². The third kappa shape index (κ3) is 50.6. The zero-order valence-corrected chi connectivity index (χ0v) is 18.0. The first-order valence-corrected chi connectivity index (χ1v) is 8.20. The van der Waals surface area contributed by atoms with E-state index in [1.807, 2.05) is 0 Å². The van der Waals surface area contributed by atoms with Crippen molar-refractivity contribution in [2.24, 2.45) is 0 Å². The Morgan fingerprint density at radius 2 is 0.781 bits per heavy atom. The standard InChI is InChI=1S/C6H12O6.5C2H4O2/c7-1-2-3(8)4(9)5(10)6(11)12-2;5*1-2(3)4/h2-11H,1H2;5*1H3,(H,3,4)/t2-,3-,4+,5-,6-;;;;;/m1...../s1. The largest absolute Gasteiger partial charge is 0.481 e. The summed E-state index contributed by atoms with van der Waals surface area (Å²) >= 11 is 0. The van der Waals surface area contributed by atoms with E-state index >= 15 is 0 Å². The molecule has 1 saturated heterocycles. The zero-order chi connectivity index (χ0) is 27.2. The highest BCUT2D eigenvalue weighted by atomic mass is 16.6. The van der Waals surface area contributed by atoms with Gasteiger partial charge in [0.2, 0.25) is 0 Å². The Morgan fingerprint density at radius 1 is 0.562 bits per heavy atom. The highest BCUT2D eigenvalue weighted by Crippen LogP contribution is 2.18. The molecule has 16 heteroatoms. The minimum absolute atomic E-state index is 0.526. The van der Waals surface area contributed by atoms with Crippen LogP contribution in [-0.4, -0.2) is 118 Å². The molecule has 1 heterocycles. The predicted molar refractivity (Wildman–Crippen MR) is 103 cm³/mol. The van der Waals surface area contributed by atoms with Gasteiger partial charge in [-0.2, -0.15) is 0 Å². The summed E-state index contributed by atoms with van der Waals surface area (Å²) in [6.45, 7) is 4.89. The molecular formula is C16H32O16. The molecule has 1 aliphatic rings. The molecule has 0 aromatic rings. The molecule has 0 radical (unpaired) electrons. The average molecular weight is 480 g/mol. The molecule has 0 aliphatic carbocycles. The highest BCUT2D eigenvalue weighted by Gasteiger charge is 2.42. The lowest BCUT2D eigenvalue weighted by molar-refractivity contribution is -0.286. The third-order valence-electron chi connectivity index (χ3n) is 1.87. The van der Waals surface area contributed by atoms with Gasteiger partial charge in [0.05, 0.1) is 6.61 Å². The topological polar surface area (TPSA) is 297 Å². The fourth-order valence-electron chi connectivity index (χ4n) is 1.08. The lowest BCUT2D eigenvalue weighted by atomic mass is 10.00. The highest BCUT2D eigenvalue weighted by molar-refractivity contribution is 5.63. The molecule has 1 aliphatic heterocycles. The molecule has 192 valence electrons. The van der Waals surface area contributed by atoms with Crippen LogP contribution in [0, 0.1) is 0 Å². The molecule has 1 fully saturated rings. The van der Waals surface area contributed by atoms with Gasteiger partial charge in [-0.1, -0.05) is 0 Å². The number of rotatable bonds is 1. The molecule has 16 nitrogen and oxygen atoms in total. The van der Waals surface area contributed by atoms with E-state index in [1.165, 1.54) is 0 Å². The van der Waals surface area contributed by atoms with Crippen LogP contribution in [0.3, 0.4) is 0 Å². The first-order chi connectivity index (χ1) is 14.2. The quantitative estimate of drug-likeness (QED) is 0.181. The monoisotopic (exact) mass is 480 g/mol. The van der Waals surface area contributed by atoms with Crippen molar-refractivity contribution >= 4 is 29.8 Å². The van der Waals surface area contributed by atoms with Crippen LogP contribution in [0.25, 0.3) is 0 Å². The SMILES string of the molecule is CC(=O)O.CC(=O)O.CC(=O)O.CC(=O)O.CC(=O)O.OC[C@H]1O[C@@H](O)[C@H](O)[C@@H](O)[C@@H]1O. The minimum Gasteiger partial charge on any atom is -0.481 e. The van der Waals surface area contributed by atoms with Crippen molar-refractivity contribution in [3.8, 4) is 0 Å². The summed E-state index contributed by atoms with van der Waals surface area (Å²) in [5, 5.41) is 81.7. The van der Waals surface area contributed by atoms with Gasteiger partial charge in [0.1, 0.15) is 24.4 Å². The summed E-state index contributed by atoms with van der Waals surface area (Å²) in [4.78, 5) is 45.0. The summed E-state index contributed by atoms with van der Waals surface area (Å²) < 4.78 is 4.58. The summed E-state index contributed by atoms with van der Waals surface area (Å²) in [7, 11) is 0. The van der Waals surface area contributed by atoms with Crippen LogP contribution < -0.4 is 0 Å². The fraction of sp³-hybridized carbons (Fsp3) is 0.688. The summed E-state index contributed by atoms with van der Waals surface area (Å²) in [5.74, 6) is -4.17. The molecule has 0 unspecified atom stereocenters. The fourth-order valence-corrected chi connectivity index (χ4v) is 1.08. The van der Waals surface area contributed by atoms with Crippen molar-refractivity contribution < 1.29 is 79.8 Å². The summed E-state index contributed by atoms with van der Waals surface area (Å²) in [6, 6.07) is 0. The number of carboxylic acid groups (broad SMARTS) is 5. The van der Waals surface area contributed by atoms with Crippen molar-refractivity contribution in [1.29, 1.82) is 0 Å². The van der Waals surface area contributed by atoms with Gasteiger partial charge >= 0.3 is 0 Å². The maximum absolute atomic E-state index is 9.12. The predicted octanol–water partition coefficient (Wildman–Crippen LogP) is -2.77. The second-order valence-electron chi connectivity index (χ2n) is 5.31. The van der Waals surface area contributed by atoms with Gasteiger partial charge < -0.3 is 55.8 Å². The maximum atomic E-state index is 9.12. The number of carbonyl (C=O) groups is 5. The van der Waals surface area contributed by atoms with E-state index in [0.29, 0.717) is 0 Å². The van der Waals surface area contributed by atoms with E-state index in [1.54, 1.807) is 0 Å². The molecule has 10 N–H and O–H groups in total. The van der Waals surface area contributed by atoms with Gasteiger partial charge in [-0.15, -0.1) is 0 Å². The Hall–Kier alpha value is -2.89. The van der Waals surface area contributed by atoms with Crippen molar-refractivity contribution in [1.82, 2.24) is 0 Å². The third-order valence-corrected chi connectivity index (χ3v) is 1.87. The molecular weight excluding hydrogens is 448 g/mol. The van der Waals surface area contributed by atoms with Gasteiger partial charge in [0, 0.05) is 34.6 Å². The number of hydrogen-bond donors (Lipinski definition) is 10.